The number of piperidine rings is 2. The summed E-state index contributed by atoms with van der Waals surface area (Å²) in [5.41, 5.74) is 0.978. The third-order valence-corrected chi connectivity index (χ3v) is 5.28. The Morgan fingerprint density at radius 3 is 2.14 bits per heavy atom. The van der Waals surface area contributed by atoms with Gasteiger partial charge in [0.1, 0.15) is 5.54 Å². The third-order valence-electron chi connectivity index (χ3n) is 5.28. The molecule has 0 radical (unpaired) electrons. The number of hydrogen-bond acceptors (Lipinski definition) is 4. The first-order valence-electron chi connectivity index (χ1n) is 8.21. The highest BCUT2D eigenvalue weighted by molar-refractivity contribution is 5.21. The Kier molecular flexibility index (Phi) is 4.49. The van der Waals surface area contributed by atoms with Gasteiger partial charge >= 0.3 is 0 Å². The molecule has 0 spiro atoms. The van der Waals surface area contributed by atoms with E-state index >= 15 is 0 Å². The van der Waals surface area contributed by atoms with Gasteiger partial charge in [0, 0.05) is 44.6 Å². The largest absolute Gasteiger partial charge is 0.305 e. The second-order valence-electron chi connectivity index (χ2n) is 6.98. The number of fused-ring (bicyclic) bond motifs is 2. The zero-order valence-corrected chi connectivity index (χ0v) is 13.6. The summed E-state index contributed by atoms with van der Waals surface area (Å²) in [6.45, 7) is 4.90. The van der Waals surface area contributed by atoms with E-state index in [1.807, 2.05) is 6.07 Å². The van der Waals surface area contributed by atoms with Crippen molar-refractivity contribution in [3.63, 3.8) is 0 Å². The summed E-state index contributed by atoms with van der Waals surface area (Å²) in [6.07, 6.45) is 0.982. The number of nitrogens with one attached hydrogen (secondary N) is 1. The van der Waals surface area contributed by atoms with Crippen LogP contribution >= 0.6 is 0 Å². The lowest BCUT2D eigenvalue weighted by Gasteiger charge is -2.54. The lowest BCUT2D eigenvalue weighted by molar-refractivity contribution is -0.0139. The van der Waals surface area contributed by atoms with Crippen LogP contribution in [0.25, 0.3) is 0 Å². The molecule has 1 N–H and O–H groups in total. The molecular weight excluding hydrogens is 272 g/mol. The number of likely N-dealkylation sites (tertiary alicyclic amines) is 2. The van der Waals surface area contributed by atoms with Crippen molar-refractivity contribution in [3.8, 4) is 6.07 Å². The van der Waals surface area contributed by atoms with Crippen LogP contribution in [0.2, 0.25) is 0 Å². The minimum absolute atomic E-state index is 0.353. The SMILES string of the molecule is CN1CC2CN(C)CC(C1)C2(C#N)NCCc1ccccc1. The molecule has 2 saturated heterocycles. The maximum absolute atomic E-state index is 9.97. The number of nitriles is 1. The normalized spacial score (nSPS) is 32.6. The summed E-state index contributed by atoms with van der Waals surface area (Å²) in [5, 5.41) is 13.6. The van der Waals surface area contributed by atoms with Crippen LogP contribution in [-0.2, 0) is 6.42 Å². The second kappa shape index (κ2) is 6.37. The van der Waals surface area contributed by atoms with Crippen molar-refractivity contribution in [2.45, 2.75) is 12.0 Å². The third kappa shape index (κ3) is 2.89. The van der Waals surface area contributed by atoms with Crippen LogP contribution < -0.4 is 5.32 Å². The molecule has 2 heterocycles. The molecule has 22 heavy (non-hydrogen) atoms. The fraction of sp³-hybridized carbons (Fsp3) is 0.611. The lowest BCUT2D eigenvalue weighted by atomic mass is 9.68. The van der Waals surface area contributed by atoms with E-state index in [0.29, 0.717) is 11.8 Å². The molecule has 1 aromatic carbocycles. The maximum atomic E-state index is 9.97. The molecule has 2 aliphatic heterocycles. The Morgan fingerprint density at radius 1 is 1.09 bits per heavy atom. The first kappa shape index (κ1) is 15.5. The summed E-state index contributed by atoms with van der Waals surface area (Å²) in [7, 11) is 4.35. The van der Waals surface area contributed by atoms with Gasteiger partial charge < -0.3 is 9.80 Å². The van der Waals surface area contributed by atoms with Gasteiger partial charge in [-0.2, -0.15) is 5.26 Å². The van der Waals surface area contributed by atoms with Crippen LogP contribution in [-0.4, -0.2) is 62.2 Å². The number of hydrogen-bond donors (Lipinski definition) is 1. The van der Waals surface area contributed by atoms with E-state index < -0.39 is 0 Å². The van der Waals surface area contributed by atoms with E-state index in [2.05, 4.69) is 59.5 Å². The maximum Gasteiger partial charge on any atom is 0.117 e. The monoisotopic (exact) mass is 298 g/mol. The van der Waals surface area contributed by atoms with E-state index in [4.69, 9.17) is 0 Å². The predicted molar refractivity (Wildman–Crippen MR) is 88.5 cm³/mol. The van der Waals surface area contributed by atoms with E-state index in [-0.39, 0.29) is 5.54 Å². The predicted octanol–water partition coefficient (Wildman–Crippen LogP) is 1.20. The average Bonchev–Trinajstić information content (AvgIpc) is 2.49. The lowest BCUT2D eigenvalue weighted by Crippen LogP contribution is -2.71. The Balaban J connectivity index is 1.70. The summed E-state index contributed by atoms with van der Waals surface area (Å²) in [5.74, 6) is 0.770. The summed E-state index contributed by atoms with van der Waals surface area (Å²) >= 11 is 0. The second-order valence-corrected chi connectivity index (χ2v) is 6.98. The van der Waals surface area contributed by atoms with Gasteiger partial charge in [-0.25, -0.2) is 0 Å². The molecule has 0 saturated carbocycles. The van der Waals surface area contributed by atoms with Crippen LogP contribution in [0.15, 0.2) is 30.3 Å². The zero-order valence-electron chi connectivity index (χ0n) is 13.6. The molecule has 3 rings (SSSR count). The molecule has 0 aromatic heterocycles. The highest BCUT2D eigenvalue weighted by Gasteiger charge is 2.52. The molecule has 0 unspecified atom stereocenters. The first-order valence-corrected chi connectivity index (χ1v) is 8.21. The zero-order chi connectivity index (χ0) is 15.6. The molecule has 0 atom stereocenters. The Morgan fingerprint density at radius 2 is 1.64 bits per heavy atom. The van der Waals surface area contributed by atoms with Crippen molar-refractivity contribution < 1.29 is 0 Å². The molecule has 1 aromatic rings. The molecule has 0 aliphatic carbocycles. The number of benzene rings is 1. The summed E-state index contributed by atoms with van der Waals surface area (Å²) in [6, 6.07) is 13.2. The van der Waals surface area contributed by atoms with Gasteiger partial charge in [0.05, 0.1) is 6.07 Å². The average molecular weight is 298 g/mol. The van der Waals surface area contributed by atoms with Gasteiger partial charge in [0.15, 0.2) is 0 Å². The fourth-order valence-corrected chi connectivity index (χ4v) is 4.25. The van der Waals surface area contributed by atoms with Crippen molar-refractivity contribution >= 4 is 0 Å². The highest BCUT2D eigenvalue weighted by atomic mass is 15.2. The molecule has 4 nitrogen and oxygen atoms in total. The van der Waals surface area contributed by atoms with Gasteiger partial charge in [0.2, 0.25) is 0 Å². The topological polar surface area (TPSA) is 42.3 Å². The Labute approximate surface area is 133 Å². The molecule has 2 aliphatic rings. The fourth-order valence-electron chi connectivity index (χ4n) is 4.25. The quantitative estimate of drug-likeness (QED) is 0.907. The summed E-state index contributed by atoms with van der Waals surface area (Å²) < 4.78 is 0. The van der Waals surface area contributed by atoms with E-state index in [0.717, 1.165) is 39.1 Å². The van der Waals surface area contributed by atoms with Crippen molar-refractivity contribution in [1.29, 1.82) is 5.26 Å². The van der Waals surface area contributed by atoms with Crippen molar-refractivity contribution in [3.05, 3.63) is 35.9 Å². The van der Waals surface area contributed by atoms with Crippen molar-refractivity contribution in [1.82, 2.24) is 15.1 Å². The van der Waals surface area contributed by atoms with Crippen LogP contribution in [0.4, 0.5) is 0 Å². The van der Waals surface area contributed by atoms with Gasteiger partial charge in [-0.15, -0.1) is 0 Å². The smallest absolute Gasteiger partial charge is 0.117 e. The minimum atomic E-state index is -0.353. The Bertz CT molecular complexity index is 506. The standard InChI is InChI=1S/C18H26N4/c1-21-10-16-12-22(2)13-17(11-21)18(16,14-19)20-9-8-15-6-4-3-5-7-15/h3-7,16-17,20H,8-13H2,1-2H3. The number of nitrogens with zero attached hydrogens (tertiary/aromatic N) is 3. The first-order chi connectivity index (χ1) is 10.6. The van der Waals surface area contributed by atoms with Gasteiger partial charge in [-0.3, -0.25) is 5.32 Å². The molecule has 118 valence electrons. The van der Waals surface area contributed by atoms with Crippen molar-refractivity contribution in [2.75, 3.05) is 46.8 Å². The van der Waals surface area contributed by atoms with Gasteiger partial charge in [-0.05, 0) is 26.1 Å². The van der Waals surface area contributed by atoms with Gasteiger partial charge in [-0.1, -0.05) is 30.3 Å². The number of rotatable bonds is 4. The molecule has 4 heteroatoms. The van der Waals surface area contributed by atoms with Crippen LogP contribution in [0.1, 0.15) is 5.56 Å². The van der Waals surface area contributed by atoms with Crippen LogP contribution in [0.3, 0.4) is 0 Å². The van der Waals surface area contributed by atoms with Crippen LogP contribution in [0, 0.1) is 23.2 Å². The molecule has 2 fully saturated rings. The van der Waals surface area contributed by atoms with E-state index in [1.165, 1.54) is 5.56 Å². The van der Waals surface area contributed by atoms with E-state index in [1.54, 1.807) is 0 Å². The van der Waals surface area contributed by atoms with Crippen molar-refractivity contribution in [2.24, 2.45) is 11.8 Å². The van der Waals surface area contributed by atoms with E-state index in [9.17, 15) is 5.26 Å². The minimum Gasteiger partial charge on any atom is -0.305 e. The van der Waals surface area contributed by atoms with Crippen LogP contribution in [0.5, 0.6) is 0 Å². The Hall–Kier alpha value is -1.41. The highest BCUT2D eigenvalue weighted by Crippen LogP contribution is 2.36. The molecule has 0 amide bonds. The molecular formula is C18H26N4. The molecule has 2 bridgehead atoms. The summed E-state index contributed by atoms with van der Waals surface area (Å²) in [4.78, 5) is 4.77. The van der Waals surface area contributed by atoms with Gasteiger partial charge in [0.25, 0.3) is 0 Å².